The predicted octanol–water partition coefficient (Wildman–Crippen LogP) is 18.9. The Hall–Kier alpha value is -1.40. The Kier molecular flexibility index (Phi) is 56.0. The maximum atomic E-state index is 12.5. The minimum Gasteiger partial charge on any atom is -0.466 e. The second kappa shape index (κ2) is 57.2. The van der Waals surface area contributed by atoms with E-state index in [2.05, 4.69) is 31.3 Å². The first kappa shape index (κ1) is 65.6. The third-order valence-electron chi connectivity index (χ3n) is 14.3. The number of nitrogens with one attached hydrogen (secondary N) is 1. The van der Waals surface area contributed by atoms with Gasteiger partial charge in [0.1, 0.15) is 0 Å². The number of rotatable bonds is 57. The highest BCUT2D eigenvalue weighted by molar-refractivity contribution is 5.76. The minimum absolute atomic E-state index is 0.00933. The molecule has 6 nitrogen and oxygen atoms in total. The van der Waals surface area contributed by atoms with Crippen LogP contribution < -0.4 is 5.32 Å². The first-order valence-corrected chi connectivity index (χ1v) is 30.4. The van der Waals surface area contributed by atoms with Crippen LogP contribution in [-0.4, -0.2) is 47.4 Å². The summed E-state index contributed by atoms with van der Waals surface area (Å²) in [7, 11) is 0. The van der Waals surface area contributed by atoms with Gasteiger partial charge in [-0.2, -0.15) is 0 Å². The van der Waals surface area contributed by atoms with Crippen LogP contribution in [0.4, 0.5) is 0 Å². The van der Waals surface area contributed by atoms with Gasteiger partial charge in [-0.1, -0.05) is 296 Å². The number of aliphatic hydroxyl groups excluding tert-OH is 2. The van der Waals surface area contributed by atoms with E-state index in [0.29, 0.717) is 25.9 Å². The molecular formula is C61H119NO5. The number of amides is 1. The summed E-state index contributed by atoms with van der Waals surface area (Å²) in [6.07, 6.45) is 67.8. The van der Waals surface area contributed by atoms with Crippen molar-refractivity contribution >= 4 is 11.9 Å². The Labute approximate surface area is 419 Å². The molecule has 0 aliphatic heterocycles. The van der Waals surface area contributed by atoms with Gasteiger partial charge in [0.25, 0.3) is 0 Å². The van der Waals surface area contributed by atoms with Crippen molar-refractivity contribution in [2.24, 2.45) is 0 Å². The summed E-state index contributed by atoms with van der Waals surface area (Å²) in [6, 6.07) is -0.549. The Bertz CT molecular complexity index is 1000. The first-order chi connectivity index (χ1) is 33.0. The molecule has 0 aromatic heterocycles. The van der Waals surface area contributed by atoms with Crippen molar-refractivity contribution in [2.75, 3.05) is 13.2 Å². The van der Waals surface area contributed by atoms with Crippen LogP contribution in [0.1, 0.15) is 341 Å². The summed E-state index contributed by atoms with van der Waals surface area (Å²) in [5.41, 5.74) is 0. The van der Waals surface area contributed by atoms with E-state index in [1.165, 1.54) is 257 Å². The zero-order valence-corrected chi connectivity index (χ0v) is 45.4. The van der Waals surface area contributed by atoms with Gasteiger partial charge in [0.15, 0.2) is 0 Å². The number of esters is 1. The number of carbonyl (C=O) groups is 2. The van der Waals surface area contributed by atoms with Crippen molar-refractivity contribution < 1.29 is 24.5 Å². The van der Waals surface area contributed by atoms with Crippen molar-refractivity contribution in [3.05, 3.63) is 12.2 Å². The number of ether oxygens (including phenoxy) is 1. The molecule has 0 fully saturated rings. The summed E-state index contributed by atoms with van der Waals surface area (Å²) < 4.78 is 5.45. The van der Waals surface area contributed by atoms with Gasteiger partial charge in [-0.05, 0) is 44.9 Å². The SMILES string of the molecule is CCCC/C=C\CCCCCCCC(=O)OCCCCCCCCCCCCCCCCCC(=O)NC(CO)C(O)CCCCCCCCCCCCCCCCCCCCCCCCCC. The quantitative estimate of drug-likeness (QED) is 0.0321. The summed E-state index contributed by atoms with van der Waals surface area (Å²) in [5, 5.41) is 23.4. The Morgan fingerprint density at radius 1 is 0.403 bits per heavy atom. The van der Waals surface area contributed by atoms with E-state index >= 15 is 0 Å². The van der Waals surface area contributed by atoms with Gasteiger partial charge in [-0.25, -0.2) is 0 Å². The van der Waals surface area contributed by atoms with E-state index in [1.807, 2.05) is 0 Å². The van der Waals surface area contributed by atoms with Gasteiger partial charge in [0, 0.05) is 12.8 Å². The summed E-state index contributed by atoms with van der Waals surface area (Å²) >= 11 is 0. The number of unbranched alkanes of at least 4 members (excludes halogenated alkanes) is 44. The maximum Gasteiger partial charge on any atom is 0.305 e. The largest absolute Gasteiger partial charge is 0.466 e. The molecule has 0 aliphatic carbocycles. The zero-order chi connectivity index (χ0) is 48.6. The number of aliphatic hydroxyl groups is 2. The molecule has 2 atom stereocenters. The lowest BCUT2D eigenvalue weighted by atomic mass is 10.0. The molecular weight excluding hydrogens is 827 g/mol. The van der Waals surface area contributed by atoms with Crippen LogP contribution in [0.3, 0.4) is 0 Å². The molecule has 0 radical (unpaired) electrons. The molecule has 0 saturated heterocycles. The van der Waals surface area contributed by atoms with Gasteiger partial charge < -0.3 is 20.3 Å². The highest BCUT2D eigenvalue weighted by atomic mass is 16.5. The molecule has 67 heavy (non-hydrogen) atoms. The number of allylic oxidation sites excluding steroid dienone is 2. The van der Waals surface area contributed by atoms with Crippen LogP contribution in [0.2, 0.25) is 0 Å². The fourth-order valence-electron chi connectivity index (χ4n) is 9.62. The highest BCUT2D eigenvalue weighted by Gasteiger charge is 2.20. The summed E-state index contributed by atoms with van der Waals surface area (Å²) in [5.74, 6) is -0.0491. The van der Waals surface area contributed by atoms with E-state index in [4.69, 9.17) is 4.74 Å². The van der Waals surface area contributed by atoms with Crippen molar-refractivity contribution in [3.63, 3.8) is 0 Å². The number of hydrogen-bond acceptors (Lipinski definition) is 5. The van der Waals surface area contributed by atoms with Crippen LogP contribution in [-0.2, 0) is 14.3 Å². The van der Waals surface area contributed by atoms with Crippen molar-refractivity contribution in [1.29, 1.82) is 0 Å². The van der Waals surface area contributed by atoms with Crippen molar-refractivity contribution in [1.82, 2.24) is 5.32 Å². The first-order valence-electron chi connectivity index (χ1n) is 30.4. The molecule has 2 unspecified atom stereocenters. The lowest BCUT2D eigenvalue weighted by Gasteiger charge is -2.22. The third-order valence-corrected chi connectivity index (χ3v) is 14.3. The molecule has 0 aliphatic rings. The van der Waals surface area contributed by atoms with Crippen molar-refractivity contribution in [2.45, 2.75) is 353 Å². The fraction of sp³-hybridized carbons (Fsp3) is 0.934. The molecule has 0 spiro atoms. The number of carbonyl (C=O) groups excluding carboxylic acids is 2. The van der Waals surface area contributed by atoms with E-state index in [9.17, 15) is 19.8 Å². The van der Waals surface area contributed by atoms with Crippen LogP contribution in [0, 0.1) is 0 Å². The lowest BCUT2D eigenvalue weighted by Crippen LogP contribution is -2.45. The number of hydrogen-bond donors (Lipinski definition) is 3. The van der Waals surface area contributed by atoms with Crippen LogP contribution in [0.25, 0.3) is 0 Å². The molecule has 0 rings (SSSR count). The smallest absolute Gasteiger partial charge is 0.305 e. The van der Waals surface area contributed by atoms with Gasteiger partial charge in [0.05, 0.1) is 25.4 Å². The van der Waals surface area contributed by atoms with Crippen molar-refractivity contribution in [3.8, 4) is 0 Å². The van der Waals surface area contributed by atoms with E-state index in [0.717, 1.165) is 51.4 Å². The highest BCUT2D eigenvalue weighted by Crippen LogP contribution is 2.18. The molecule has 0 saturated carbocycles. The van der Waals surface area contributed by atoms with Gasteiger partial charge >= 0.3 is 5.97 Å². The topological polar surface area (TPSA) is 95.9 Å². The van der Waals surface area contributed by atoms with E-state index in [1.54, 1.807) is 0 Å². The lowest BCUT2D eigenvalue weighted by molar-refractivity contribution is -0.143. The molecule has 0 aromatic rings. The van der Waals surface area contributed by atoms with E-state index < -0.39 is 12.1 Å². The van der Waals surface area contributed by atoms with Gasteiger partial charge in [-0.15, -0.1) is 0 Å². The average Bonchev–Trinajstić information content (AvgIpc) is 3.33. The van der Waals surface area contributed by atoms with E-state index in [-0.39, 0.29) is 18.5 Å². The monoisotopic (exact) mass is 946 g/mol. The van der Waals surface area contributed by atoms with Crippen LogP contribution in [0.15, 0.2) is 12.2 Å². The average molecular weight is 947 g/mol. The molecule has 3 N–H and O–H groups in total. The van der Waals surface area contributed by atoms with Crippen LogP contribution >= 0.6 is 0 Å². The van der Waals surface area contributed by atoms with Gasteiger partial charge in [0.2, 0.25) is 5.91 Å². The molecule has 1 amide bonds. The second-order valence-electron chi connectivity index (χ2n) is 21.0. The predicted molar refractivity (Wildman–Crippen MR) is 292 cm³/mol. The molecule has 0 bridgehead atoms. The summed E-state index contributed by atoms with van der Waals surface area (Å²) in [6.45, 7) is 4.92. The Morgan fingerprint density at radius 3 is 1.10 bits per heavy atom. The normalized spacial score (nSPS) is 12.6. The standard InChI is InChI=1S/C61H119NO5/c1-3-5-7-9-11-13-15-16-17-18-19-20-21-22-23-24-25-27-30-34-37-41-45-49-53-59(64)58(57-63)62-60(65)54-50-46-42-38-35-31-28-26-29-32-36-40-44-48-52-56-67-61(66)55-51-47-43-39-33-14-12-10-8-6-4-2/h10,12,58-59,63-64H,3-9,11,13-57H2,1-2H3,(H,62,65)/b12-10-. The molecule has 0 aromatic carbocycles. The molecule has 6 heteroatoms. The Balaban J connectivity index is 3.43. The minimum atomic E-state index is -0.671. The Morgan fingerprint density at radius 2 is 0.716 bits per heavy atom. The second-order valence-corrected chi connectivity index (χ2v) is 21.0. The molecule has 398 valence electrons. The maximum absolute atomic E-state index is 12.5. The fourth-order valence-corrected chi connectivity index (χ4v) is 9.62. The van der Waals surface area contributed by atoms with Crippen LogP contribution in [0.5, 0.6) is 0 Å². The van der Waals surface area contributed by atoms with Gasteiger partial charge in [-0.3, -0.25) is 9.59 Å². The zero-order valence-electron chi connectivity index (χ0n) is 45.4. The summed E-state index contributed by atoms with van der Waals surface area (Å²) in [4.78, 5) is 24.5. The molecule has 0 heterocycles. The third kappa shape index (κ3) is 53.8.